The highest BCUT2D eigenvalue weighted by Crippen LogP contribution is 2.21. The molecule has 1 aromatic carbocycles. The van der Waals surface area contributed by atoms with Crippen LogP contribution in [-0.4, -0.2) is 32.8 Å². The van der Waals surface area contributed by atoms with Crippen LogP contribution in [0.1, 0.15) is 20.4 Å². The molecule has 0 saturated carbocycles. The van der Waals surface area contributed by atoms with E-state index in [2.05, 4.69) is 20.6 Å². The summed E-state index contributed by atoms with van der Waals surface area (Å²) >= 11 is 1.46. The highest BCUT2D eigenvalue weighted by molar-refractivity contribution is 7.13. The SMILES string of the molecule is COc1ccc(-c2ccc3nnc(CNC(=O)c4ccc(C)s4)n3n2)cc1. The Balaban J connectivity index is 1.57. The molecule has 0 unspecified atom stereocenters. The molecule has 1 N–H and O–H groups in total. The molecule has 3 aromatic heterocycles. The fraction of sp³-hybridized carbons (Fsp3) is 0.158. The van der Waals surface area contributed by atoms with Crippen LogP contribution in [0.25, 0.3) is 16.9 Å². The summed E-state index contributed by atoms with van der Waals surface area (Å²) in [5.74, 6) is 1.23. The van der Waals surface area contributed by atoms with E-state index >= 15 is 0 Å². The highest BCUT2D eigenvalue weighted by atomic mass is 32.1. The van der Waals surface area contributed by atoms with Crippen molar-refractivity contribution in [2.24, 2.45) is 0 Å². The minimum absolute atomic E-state index is 0.129. The van der Waals surface area contributed by atoms with E-state index in [9.17, 15) is 4.79 Å². The van der Waals surface area contributed by atoms with E-state index in [1.807, 2.05) is 55.5 Å². The quantitative estimate of drug-likeness (QED) is 0.576. The Morgan fingerprint density at radius 1 is 1.11 bits per heavy atom. The molecule has 1 amide bonds. The number of hydrogen-bond donors (Lipinski definition) is 1. The molecule has 4 aromatic rings. The molecule has 0 saturated heterocycles. The third-order valence-electron chi connectivity index (χ3n) is 4.08. The molecular weight excluding hydrogens is 362 g/mol. The van der Waals surface area contributed by atoms with E-state index in [0.29, 0.717) is 16.3 Å². The van der Waals surface area contributed by atoms with Gasteiger partial charge in [0, 0.05) is 10.4 Å². The Labute approximate surface area is 159 Å². The summed E-state index contributed by atoms with van der Waals surface area (Å²) in [6.07, 6.45) is 0. The van der Waals surface area contributed by atoms with Gasteiger partial charge >= 0.3 is 0 Å². The minimum atomic E-state index is -0.129. The third kappa shape index (κ3) is 3.52. The van der Waals surface area contributed by atoms with Crippen molar-refractivity contribution in [3.05, 3.63) is 64.1 Å². The van der Waals surface area contributed by atoms with Crippen molar-refractivity contribution in [3.63, 3.8) is 0 Å². The molecule has 136 valence electrons. The summed E-state index contributed by atoms with van der Waals surface area (Å²) in [6, 6.07) is 15.1. The lowest BCUT2D eigenvalue weighted by Crippen LogP contribution is -2.23. The van der Waals surface area contributed by atoms with Crippen molar-refractivity contribution in [3.8, 4) is 17.0 Å². The zero-order valence-corrected chi connectivity index (χ0v) is 15.7. The first-order valence-electron chi connectivity index (χ1n) is 8.34. The lowest BCUT2D eigenvalue weighted by Gasteiger charge is -2.05. The lowest BCUT2D eigenvalue weighted by atomic mass is 10.1. The zero-order valence-electron chi connectivity index (χ0n) is 14.8. The molecule has 0 aliphatic carbocycles. The van der Waals surface area contributed by atoms with E-state index in [1.54, 1.807) is 11.6 Å². The van der Waals surface area contributed by atoms with Crippen molar-refractivity contribution in [1.82, 2.24) is 25.1 Å². The van der Waals surface area contributed by atoms with Gasteiger partial charge in [0.05, 0.1) is 24.2 Å². The van der Waals surface area contributed by atoms with Gasteiger partial charge < -0.3 is 10.1 Å². The topological polar surface area (TPSA) is 81.4 Å². The molecule has 0 spiro atoms. The maximum atomic E-state index is 12.2. The van der Waals surface area contributed by atoms with Crippen molar-refractivity contribution in [1.29, 1.82) is 0 Å². The lowest BCUT2D eigenvalue weighted by molar-refractivity contribution is 0.0953. The summed E-state index contributed by atoms with van der Waals surface area (Å²) in [4.78, 5) is 14.0. The molecule has 0 aliphatic heterocycles. The Morgan fingerprint density at radius 2 is 1.93 bits per heavy atom. The summed E-state index contributed by atoms with van der Waals surface area (Å²) in [5, 5.41) is 15.8. The number of nitrogens with zero attached hydrogens (tertiary/aromatic N) is 4. The van der Waals surface area contributed by atoms with Gasteiger partial charge in [-0.05, 0) is 55.5 Å². The standard InChI is InChI=1S/C19H17N5O2S/c1-12-3-9-16(27-12)19(25)20-11-18-22-21-17-10-8-15(23-24(17)18)13-4-6-14(26-2)7-5-13/h3-10H,11H2,1-2H3,(H,20,25). The molecule has 27 heavy (non-hydrogen) atoms. The van der Waals surface area contributed by atoms with E-state index in [1.165, 1.54) is 11.3 Å². The monoisotopic (exact) mass is 379 g/mol. The van der Waals surface area contributed by atoms with Gasteiger partial charge in [0.15, 0.2) is 11.5 Å². The number of thiophene rings is 1. The Hall–Kier alpha value is -3.26. The van der Waals surface area contributed by atoms with Gasteiger partial charge in [-0.1, -0.05) is 0 Å². The molecule has 0 fully saturated rings. The number of rotatable bonds is 5. The number of aryl methyl sites for hydroxylation is 1. The second kappa shape index (κ2) is 7.16. The van der Waals surface area contributed by atoms with Gasteiger partial charge in [-0.15, -0.1) is 21.5 Å². The summed E-state index contributed by atoms with van der Waals surface area (Å²) in [6.45, 7) is 2.22. The second-order valence-electron chi connectivity index (χ2n) is 5.93. The predicted molar refractivity (Wildman–Crippen MR) is 103 cm³/mol. The van der Waals surface area contributed by atoms with E-state index in [4.69, 9.17) is 4.74 Å². The Bertz CT molecular complexity index is 1100. The Morgan fingerprint density at radius 3 is 2.63 bits per heavy atom. The Kier molecular flexibility index (Phi) is 4.55. The maximum Gasteiger partial charge on any atom is 0.261 e. The maximum absolute atomic E-state index is 12.2. The first kappa shape index (κ1) is 17.2. The van der Waals surface area contributed by atoms with Crippen LogP contribution in [-0.2, 0) is 6.54 Å². The van der Waals surface area contributed by atoms with Crippen LogP contribution in [0.3, 0.4) is 0 Å². The fourth-order valence-corrected chi connectivity index (χ4v) is 3.45. The van der Waals surface area contributed by atoms with Crippen LogP contribution in [0.15, 0.2) is 48.5 Å². The minimum Gasteiger partial charge on any atom is -0.497 e. The van der Waals surface area contributed by atoms with Gasteiger partial charge in [0.2, 0.25) is 0 Å². The molecule has 4 rings (SSSR count). The number of ether oxygens (including phenoxy) is 1. The first-order chi connectivity index (χ1) is 13.1. The van der Waals surface area contributed by atoms with Crippen LogP contribution in [0, 0.1) is 6.92 Å². The van der Waals surface area contributed by atoms with Gasteiger partial charge in [-0.25, -0.2) is 0 Å². The van der Waals surface area contributed by atoms with Gasteiger partial charge in [0.1, 0.15) is 5.75 Å². The molecule has 8 heteroatoms. The fourth-order valence-electron chi connectivity index (χ4n) is 2.66. The smallest absolute Gasteiger partial charge is 0.261 e. The van der Waals surface area contributed by atoms with E-state index in [-0.39, 0.29) is 12.5 Å². The zero-order chi connectivity index (χ0) is 18.8. The summed E-state index contributed by atoms with van der Waals surface area (Å²) < 4.78 is 6.84. The number of nitrogens with one attached hydrogen (secondary N) is 1. The van der Waals surface area contributed by atoms with Gasteiger partial charge in [-0.3, -0.25) is 4.79 Å². The first-order valence-corrected chi connectivity index (χ1v) is 9.16. The van der Waals surface area contributed by atoms with Crippen LogP contribution >= 0.6 is 11.3 Å². The number of carbonyl (C=O) groups excluding carboxylic acids is 1. The third-order valence-corrected chi connectivity index (χ3v) is 5.08. The number of hydrogen-bond acceptors (Lipinski definition) is 6. The van der Waals surface area contributed by atoms with Crippen molar-refractivity contribution >= 4 is 22.9 Å². The van der Waals surface area contributed by atoms with Crippen LogP contribution in [0.5, 0.6) is 5.75 Å². The molecule has 7 nitrogen and oxygen atoms in total. The normalized spacial score (nSPS) is 10.9. The van der Waals surface area contributed by atoms with Crippen molar-refractivity contribution in [2.45, 2.75) is 13.5 Å². The molecule has 0 bridgehead atoms. The second-order valence-corrected chi connectivity index (χ2v) is 7.21. The molecule has 0 aliphatic rings. The molecule has 0 radical (unpaired) electrons. The van der Waals surface area contributed by atoms with Crippen molar-refractivity contribution < 1.29 is 9.53 Å². The van der Waals surface area contributed by atoms with Crippen LogP contribution in [0.2, 0.25) is 0 Å². The van der Waals surface area contributed by atoms with Crippen LogP contribution in [0.4, 0.5) is 0 Å². The van der Waals surface area contributed by atoms with Gasteiger partial charge in [-0.2, -0.15) is 9.61 Å². The number of aromatic nitrogens is 4. The number of methoxy groups -OCH3 is 1. The summed E-state index contributed by atoms with van der Waals surface area (Å²) in [5.41, 5.74) is 2.37. The highest BCUT2D eigenvalue weighted by Gasteiger charge is 2.12. The predicted octanol–water partition coefficient (Wildman–Crippen LogP) is 3.10. The number of fused-ring (bicyclic) bond motifs is 1. The average Bonchev–Trinajstić information content (AvgIpc) is 3.32. The molecule has 0 atom stereocenters. The number of benzene rings is 1. The largest absolute Gasteiger partial charge is 0.497 e. The van der Waals surface area contributed by atoms with Crippen molar-refractivity contribution in [2.75, 3.05) is 7.11 Å². The summed E-state index contributed by atoms with van der Waals surface area (Å²) in [7, 11) is 1.63. The number of carbonyl (C=O) groups is 1. The van der Waals surface area contributed by atoms with Crippen LogP contribution < -0.4 is 10.1 Å². The number of amides is 1. The molecule has 3 heterocycles. The van der Waals surface area contributed by atoms with Gasteiger partial charge in [0.25, 0.3) is 5.91 Å². The molecular formula is C19H17N5O2S. The van der Waals surface area contributed by atoms with E-state index < -0.39 is 0 Å². The average molecular weight is 379 g/mol. The van der Waals surface area contributed by atoms with E-state index in [0.717, 1.165) is 21.9 Å².